The molecule has 0 atom stereocenters. The number of hydrogen-bond donors (Lipinski definition) is 0. The number of nitrogens with zero attached hydrogens (tertiary/aromatic N) is 1. The molecule has 0 unspecified atom stereocenters. The maximum absolute atomic E-state index is 11.3. The fraction of sp³-hybridized carbons (Fsp3) is 0.929. The maximum atomic E-state index is 11.3. The van der Waals surface area contributed by atoms with Crippen LogP contribution in [0.4, 0.5) is 0 Å². The molecule has 0 N–H and O–H groups in total. The molecular weight excluding hydrogens is 214 g/mol. The Hall–Kier alpha value is -0.570. The van der Waals surface area contributed by atoms with Crippen LogP contribution >= 0.6 is 0 Å². The van der Waals surface area contributed by atoms with E-state index in [4.69, 9.17) is 4.84 Å². The van der Waals surface area contributed by atoms with Gasteiger partial charge in [-0.2, -0.15) is 0 Å². The largest absolute Gasteiger partial charge is 0.272 e. The number of carbonyl (C=O) groups is 1. The van der Waals surface area contributed by atoms with E-state index in [1.165, 1.54) is 51.4 Å². The van der Waals surface area contributed by atoms with E-state index in [-0.39, 0.29) is 5.91 Å². The summed E-state index contributed by atoms with van der Waals surface area (Å²) in [4.78, 5) is 16.5. The van der Waals surface area contributed by atoms with Gasteiger partial charge in [0.15, 0.2) is 0 Å². The molecule has 0 aromatic heterocycles. The van der Waals surface area contributed by atoms with E-state index in [1.54, 1.807) is 5.06 Å². The van der Waals surface area contributed by atoms with Gasteiger partial charge in [0.05, 0.1) is 13.0 Å². The SMILES string of the molecule is O=C1CCON1CCCCCC1CCCCC1. The van der Waals surface area contributed by atoms with Crippen molar-refractivity contribution in [2.75, 3.05) is 13.2 Å². The molecule has 1 aliphatic heterocycles. The van der Waals surface area contributed by atoms with Gasteiger partial charge in [-0.25, -0.2) is 5.06 Å². The fourth-order valence-corrected chi connectivity index (χ4v) is 2.97. The van der Waals surface area contributed by atoms with E-state index >= 15 is 0 Å². The quantitative estimate of drug-likeness (QED) is 0.666. The highest BCUT2D eigenvalue weighted by Gasteiger charge is 2.20. The van der Waals surface area contributed by atoms with E-state index in [2.05, 4.69) is 0 Å². The highest BCUT2D eigenvalue weighted by molar-refractivity contribution is 5.76. The van der Waals surface area contributed by atoms with E-state index in [0.717, 1.165) is 18.9 Å². The lowest BCUT2D eigenvalue weighted by Gasteiger charge is -2.21. The lowest BCUT2D eigenvalue weighted by atomic mass is 9.85. The van der Waals surface area contributed by atoms with E-state index < -0.39 is 0 Å². The second-order valence-corrected chi connectivity index (χ2v) is 5.43. The lowest BCUT2D eigenvalue weighted by Crippen LogP contribution is -2.24. The Balaban J connectivity index is 1.47. The number of unbranched alkanes of at least 4 members (excludes halogenated alkanes) is 2. The minimum Gasteiger partial charge on any atom is -0.272 e. The van der Waals surface area contributed by atoms with Gasteiger partial charge in [-0.1, -0.05) is 51.4 Å². The zero-order chi connectivity index (χ0) is 11.9. The minimum atomic E-state index is 0.164. The van der Waals surface area contributed by atoms with E-state index in [9.17, 15) is 4.79 Å². The summed E-state index contributed by atoms with van der Waals surface area (Å²) in [6.45, 7) is 1.38. The third-order valence-electron chi connectivity index (χ3n) is 4.04. The molecular formula is C14H25NO2. The Morgan fingerprint density at radius 2 is 1.94 bits per heavy atom. The summed E-state index contributed by atoms with van der Waals surface area (Å²) >= 11 is 0. The Morgan fingerprint density at radius 3 is 2.65 bits per heavy atom. The molecule has 17 heavy (non-hydrogen) atoms. The Morgan fingerprint density at radius 1 is 1.12 bits per heavy atom. The molecule has 1 aliphatic carbocycles. The molecule has 2 aliphatic rings. The van der Waals surface area contributed by atoms with Gasteiger partial charge in [-0.15, -0.1) is 0 Å². The van der Waals surface area contributed by atoms with Crippen LogP contribution in [0.15, 0.2) is 0 Å². The van der Waals surface area contributed by atoms with Crippen molar-refractivity contribution in [3.8, 4) is 0 Å². The summed E-state index contributed by atoms with van der Waals surface area (Å²) in [6.07, 6.45) is 12.9. The maximum Gasteiger partial charge on any atom is 0.248 e. The van der Waals surface area contributed by atoms with Crippen molar-refractivity contribution >= 4 is 5.91 Å². The molecule has 0 aromatic carbocycles. The summed E-state index contributed by atoms with van der Waals surface area (Å²) in [5, 5.41) is 1.56. The van der Waals surface area contributed by atoms with Crippen molar-refractivity contribution in [2.45, 2.75) is 64.2 Å². The molecule has 1 amide bonds. The minimum absolute atomic E-state index is 0.164. The molecule has 1 heterocycles. The highest BCUT2D eigenvalue weighted by Crippen LogP contribution is 2.27. The molecule has 2 fully saturated rings. The Bertz CT molecular complexity index is 236. The van der Waals surface area contributed by atoms with Crippen molar-refractivity contribution in [3.63, 3.8) is 0 Å². The van der Waals surface area contributed by atoms with Gasteiger partial charge in [0.25, 0.3) is 0 Å². The van der Waals surface area contributed by atoms with Gasteiger partial charge in [-0.3, -0.25) is 9.63 Å². The predicted molar refractivity (Wildman–Crippen MR) is 67.3 cm³/mol. The standard InChI is InChI=1S/C14H25NO2/c16-14-10-12-17-15(14)11-6-2-5-9-13-7-3-1-4-8-13/h13H,1-12H2. The topological polar surface area (TPSA) is 29.5 Å². The number of amides is 1. The number of hydroxylamine groups is 2. The van der Waals surface area contributed by atoms with Crippen LogP contribution in [-0.2, 0) is 9.63 Å². The van der Waals surface area contributed by atoms with Crippen LogP contribution in [-0.4, -0.2) is 24.1 Å². The molecule has 1 saturated heterocycles. The molecule has 3 heteroatoms. The van der Waals surface area contributed by atoms with Crippen molar-refractivity contribution in [1.82, 2.24) is 5.06 Å². The zero-order valence-electron chi connectivity index (χ0n) is 10.8. The average Bonchev–Trinajstić information content (AvgIpc) is 2.76. The van der Waals surface area contributed by atoms with E-state index in [1.807, 2.05) is 0 Å². The number of carbonyl (C=O) groups excluding carboxylic acids is 1. The third-order valence-corrected chi connectivity index (χ3v) is 4.04. The van der Waals surface area contributed by atoms with E-state index in [0.29, 0.717) is 13.0 Å². The highest BCUT2D eigenvalue weighted by atomic mass is 16.7. The molecule has 3 nitrogen and oxygen atoms in total. The number of rotatable bonds is 6. The van der Waals surface area contributed by atoms with Gasteiger partial charge in [0, 0.05) is 6.54 Å². The first-order valence-electron chi connectivity index (χ1n) is 7.29. The summed E-state index contributed by atoms with van der Waals surface area (Å²) in [6, 6.07) is 0. The second kappa shape index (κ2) is 7.00. The zero-order valence-corrected chi connectivity index (χ0v) is 10.8. The van der Waals surface area contributed by atoms with Crippen LogP contribution in [0.5, 0.6) is 0 Å². The first-order chi connectivity index (χ1) is 8.36. The summed E-state index contributed by atoms with van der Waals surface area (Å²) < 4.78 is 0. The van der Waals surface area contributed by atoms with Crippen molar-refractivity contribution in [3.05, 3.63) is 0 Å². The Labute approximate surface area is 104 Å². The van der Waals surface area contributed by atoms with Crippen LogP contribution in [0.25, 0.3) is 0 Å². The van der Waals surface area contributed by atoms with Crippen LogP contribution < -0.4 is 0 Å². The molecule has 0 radical (unpaired) electrons. The van der Waals surface area contributed by atoms with Crippen LogP contribution in [0.3, 0.4) is 0 Å². The van der Waals surface area contributed by atoms with Gasteiger partial charge < -0.3 is 0 Å². The first-order valence-corrected chi connectivity index (χ1v) is 7.29. The smallest absolute Gasteiger partial charge is 0.248 e. The summed E-state index contributed by atoms with van der Waals surface area (Å²) in [5.41, 5.74) is 0. The number of hydrogen-bond acceptors (Lipinski definition) is 2. The molecule has 2 rings (SSSR count). The van der Waals surface area contributed by atoms with Crippen LogP contribution in [0.1, 0.15) is 64.2 Å². The molecule has 0 aromatic rings. The Kier molecular flexibility index (Phi) is 5.30. The van der Waals surface area contributed by atoms with Crippen molar-refractivity contribution in [1.29, 1.82) is 0 Å². The van der Waals surface area contributed by atoms with Crippen molar-refractivity contribution in [2.24, 2.45) is 5.92 Å². The molecule has 0 bridgehead atoms. The summed E-state index contributed by atoms with van der Waals surface area (Å²) in [5.74, 6) is 1.16. The van der Waals surface area contributed by atoms with Gasteiger partial charge in [-0.05, 0) is 12.3 Å². The molecule has 0 spiro atoms. The average molecular weight is 239 g/mol. The van der Waals surface area contributed by atoms with Gasteiger partial charge in [0.1, 0.15) is 0 Å². The first kappa shape index (κ1) is 12.9. The fourth-order valence-electron chi connectivity index (χ4n) is 2.97. The van der Waals surface area contributed by atoms with Crippen LogP contribution in [0.2, 0.25) is 0 Å². The van der Waals surface area contributed by atoms with Crippen molar-refractivity contribution < 1.29 is 9.63 Å². The molecule has 1 saturated carbocycles. The second-order valence-electron chi connectivity index (χ2n) is 5.43. The predicted octanol–water partition coefficient (Wildman–Crippen LogP) is 3.29. The molecule has 98 valence electrons. The van der Waals surface area contributed by atoms with Gasteiger partial charge in [0.2, 0.25) is 5.91 Å². The third kappa shape index (κ3) is 4.30. The normalized spacial score (nSPS) is 22.4. The lowest BCUT2D eigenvalue weighted by molar-refractivity contribution is -0.161. The summed E-state index contributed by atoms with van der Waals surface area (Å²) in [7, 11) is 0. The van der Waals surface area contributed by atoms with Gasteiger partial charge >= 0.3 is 0 Å². The van der Waals surface area contributed by atoms with Crippen LogP contribution in [0, 0.1) is 5.92 Å². The monoisotopic (exact) mass is 239 g/mol.